The molecule has 0 unspecified atom stereocenters. The van der Waals surface area contributed by atoms with Crippen molar-refractivity contribution < 1.29 is 80.4 Å². The van der Waals surface area contributed by atoms with Gasteiger partial charge in [-0.1, -0.05) is 288 Å². The van der Waals surface area contributed by atoms with Gasteiger partial charge in [0.2, 0.25) is 0 Å². The predicted octanol–water partition coefficient (Wildman–Crippen LogP) is 25.8. The minimum absolute atomic E-state index is 0. The summed E-state index contributed by atoms with van der Waals surface area (Å²) in [5.41, 5.74) is 18.4. The molecule has 24 rings (SSSR count). The fourth-order valence-electron chi connectivity index (χ4n) is 20.0. The number of nitrogens with zero attached hydrogens (tertiary/aromatic N) is 8. The molecular weight excluding hydrogens is 2540 g/mol. The fourth-order valence-corrected chi connectivity index (χ4v) is 44.1. The fraction of sp³-hybridized carbons (Fsp3) is 0.230. The molecule has 7 aliphatic heterocycles. The van der Waals surface area contributed by atoms with Gasteiger partial charge in [-0.05, 0) is 110 Å². The average molecular weight is 2670 g/mol. The normalized spacial score (nSPS) is 16.0. The van der Waals surface area contributed by atoms with Crippen molar-refractivity contribution in [3.8, 4) is 90.1 Å². The van der Waals surface area contributed by atoms with Crippen LogP contribution in [0.15, 0.2) is 371 Å². The molecule has 0 spiro atoms. The van der Waals surface area contributed by atoms with E-state index >= 15 is 0 Å². The second-order valence-corrected chi connectivity index (χ2v) is 72.0. The Morgan fingerprint density at radius 2 is 0.504 bits per heavy atom. The zero-order chi connectivity index (χ0) is 94.2. The maximum atomic E-state index is 4.86. The third-order valence-electron chi connectivity index (χ3n) is 30.1. The summed E-state index contributed by atoms with van der Waals surface area (Å²) in [4.78, 5) is 36.0. The van der Waals surface area contributed by atoms with E-state index in [-0.39, 0.29) is 80.4 Å². The molecule has 0 aliphatic carbocycles. The van der Waals surface area contributed by atoms with Gasteiger partial charge in [0.15, 0.2) is 0 Å². The number of benzene rings is 9. The third-order valence-corrected chi connectivity index (χ3v) is 63.5. The van der Waals surface area contributed by atoms with Crippen LogP contribution in [0.4, 0.5) is 0 Å². The molecule has 0 bridgehead atoms. The van der Waals surface area contributed by atoms with Gasteiger partial charge in [-0.25, -0.2) is 0 Å². The van der Waals surface area contributed by atoms with E-state index in [0.717, 1.165) is 84.5 Å². The van der Waals surface area contributed by atoms with Gasteiger partial charge < -0.3 is 39.9 Å². The second-order valence-electron chi connectivity index (χ2n) is 39.7. The quantitative estimate of drug-likeness (QED) is 0.0696. The summed E-state index contributed by atoms with van der Waals surface area (Å²) in [5.74, 6) is 0. The molecule has 0 N–H and O–H groups in total. The van der Waals surface area contributed by atoms with Crippen LogP contribution in [-0.4, -0.2) is 96.4 Å². The van der Waals surface area contributed by atoms with Crippen molar-refractivity contribution in [2.24, 2.45) is 0 Å². The van der Waals surface area contributed by atoms with Crippen LogP contribution in [0, 0.1) is 55.5 Å². The van der Waals surface area contributed by atoms with E-state index in [1.54, 1.807) is 54.9 Å². The Hall–Kier alpha value is -9.70. The summed E-state index contributed by atoms with van der Waals surface area (Å²) in [6.07, 6.45) is 25.8. The molecule has 7 aliphatic rings. The van der Waals surface area contributed by atoms with Gasteiger partial charge in [-0.2, -0.15) is 0 Å². The van der Waals surface area contributed by atoms with E-state index in [2.05, 4.69) is 272 Å². The SMILES string of the molecule is C[Si]1(c2c[c-]c(-c3ccccn3)cc2)CCC1.C[Si]1(c2ccc(-c3[c-]ccc([Si]4(C)CCC4)c3)nc2)CCC1.C[Si]1(c2cnc(-c3[c-]cccc3)cc2[Si]2(C)CCC2)CCC1.Cc1cc(-c2[c-]cccc2)ncc1[Si]1(C)CCC1.[Ir].[Ir].[Ir].[Ir].[c-]1ccccc1-c1ccc([Si]2(c3ccccc3)CCC2)cn1.[c-]1ccccc1-c1ccccn1.[c-]1ccccc1-c1ccccn1.[c-]1ccccc1-c1ccccn1. The standard InChI is InChI=1S/C20H18NSi.2C19H24NSi2.C16H18NSi.C15H16NSi.3C11H8N.4Ir/c1-3-8-17(9-4-1)20-13-12-19(16-21-20)22(14-7-15-22)18-10-5-2-6-11-18;1-21(10-4-11-21)17-7-3-6-16(14-17)19-9-8-18(15-20-19)22(2)12-5-13-22;1-21(10-6-11-21)18-14-17(16-8-4-3-5-9-16)20-15-19(18)22(2)12-7-13-22;1-13-11-15(14-7-4-3-5-8-14)17-12-16(13)18(2)9-6-10-18;1-17(11-4-12-17)14-8-6-13(7-9-14)15-5-2-3-10-16-15;3*1-2-6-10(7-3-1)11-8-4-5-9-12-11;;;;/h1-6,8,10-13,16H,7,14-15H2;3,7-9,14-15H,4-5,10-13H2,1-2H3;3-5,8,14-15H,6-7,10-13H2,1-2H3;3-5,7,11-12H,6,9-10H2,1-2H3;2-3,5-6,8-10H,4,11-12H2,1H3;3*1-6,8-9H;;;;/q8*-1;;;;. The van der Waals surface area contributed by atoms with E-state index in [0.29, 0.717) is 0 Å². The summed E-state index contributed by atoms with van der Waals surface area (Å²) in [7, 11) is -8.23. The molecule has 8 aromatic heterocycles. The Bertz CT molecular complexity index is 6340. The third kappa shape index (κ3) is 27.3. The van der Waals surface area contributed by atoms with E-state index < -0.39 is 56.5 Å². The van der Waals surface area contributed by atoms with E-state index in [4.69, 9.17) is 15.0 Å². The summed E-state index contributed by atoms with van der Waals surface area (Å²) in [5, 5.41) is 12.8. The van der Waals surface area contributed by atoms with Crippen LogP contribution >= 0.6 is 0 Å². The molecular formula is C122H124Ir4N8Si7-8. The van der Waals surface area contributed by atoms with Gasteiger partial charge in [0, 0.05) is 138 Å². The Labute approximate surface area is 900 Å². The first-order chi connectivity index (χ1) is 66.9. The molecule has 7 saturated heterocycles. The Morgan fingerprint density at radius 3 is 0.837 bits per heavy atom. The minimum atomic E-state index is -1.49. The zero-order valence-corrected chi connectivity index (χ0v) is 98.6. The van der Waals surface area contributed by atoms with Crippen molar-refractivity contribution in [2.45, 2.75) is 176 Å². The van der Waals surface area contributed by atoms with Gasteiger partial charge >= 0.3 is 0 Å². The zero-order valence-electron chi connectivity index (χ0n) is 82.0. The van der Waals surface area contributed by atoms with Crippen LogP contribution < -0.4 is 41.5 Å². The number of pyridine rings is 8. The van der Waals surface area contributed by atoms with Gasteiger partial charge in [0.25, 0.3) is 0 Å². The summed E-state index contributed by atoms with van der Waals surface area (Å²) in [6.45, 7) is 17.4. The van der Waals surface area contributed by atoms with Crippen LogP contribution in [0.2, 0.25) is 124 Å². The van der Waals surface area contributed by atoms with E-state index in [1.807, 2.05) is 200 Å². The Morgan fingerprint density at radius 1 is 0.199 bits per heavy atom. The van der Waals surface area contributed by atoms with Gasteiger partial charge in [0.05, 0.1) is 40.4 Å². The first-order valence-electron chi connectivity index (χ1n) is 49.4. The first-order valence-corrected chi connectivity index (χ1v) is 69.3. The average Bonchev–Trinajstić information content (AvgIpc) is 0.733. The Kier molecular flexibility index (Phi) is 39.8. The van der Waals surface area contributed by atoms with Crippen molar-refractivity contribution in [1.29, 1.82) is 0 Å². The molecule has 9 aromatic carbocycles. The summed E-state index contributed by atoms with van der Waals surface area (Å²) in [6, 6.07) is 156. The molecule has 15 heterocycles. The molecule has 4 radical (unpaired) electrons. The van der Waals surface area contributed by atoms with Gasteiger partial charge in [-0.15, -0.1) is 285 Å². The van der Waals surface area contributed by atoms with Crippen LogP contribution in [-0.2, 0) is 80.4 Å². The Balaban J connectivity index is 0.000000136. The van der Waals surface area contributed by atoms with Gasteiger partial charge in [-0.3, -0.25) is 0 Å². The van der Waals surface area contributed by atoms with Crippen molar-refractivity contribution >= 4 is 98.0 Å². The number of aromatic nitrogens is 8. The van der Waals surface area contributed by atoms with E-state index in [9.17, 15) is 0 Å². The number of hydrogen-bond donors (Lipinski definition) is 0. The van der Waals surface area contributed by atoms with Crippen molar-refractivity contribution in [3.05, 3.63) is 425 Å². The largest absolute Gasteiger partial charge is 0.305 e. The molecule has 724 valence electrons. The molecule has 141 heavy (non-hydrogen) atoms. The predicted molar refractivity (Wildman–Crippen MR) is 591 cm³/mol. The van der Waals surface area contributed by atoms with Crippen LogP contribution in [0.3, 0.4) is 0 Å². The molecule has 0 amide bonds. The number of aryl methyl sites for hydroxylation is 1. The van der Waals surface area contributed by atoms with Crippen molar-refractivity contribution in [1.82, 2.24) is 39.9 Å². The maximum absolute atomic E-state index is 4.86. The molecule has 0 saturated carbocycles. The maximum Gasteiger partial charge on any atom is 0.120 e. The molecule has 7 fully saturated rings. The summed E-state index contributed by atoms with van der Waals surface area (Å²) < 4.78 is 0. The smallest absolute Gasteiger partial charge is 0.120 e. The van der Waals surface area contributed by atoms with Crippen molar-refractivity contribution in [3.63, 3.8) is 0 Å². The van der Waals surface area contributed by atoms with Crippen molar-refractivity contribution in [2.75, 3.05) is 0 Å². The monoisotopic (exact) mass is 2670 g/mol. The number of hydrogen-bond acceptors (Lipinski definition) is 8. The molecule has 8 nitrogen and oxygen atoms in total. The van der Waals surface area contributed by atoms with Crippen LogP contribution in [0.25, 0.3) is 90.1 Å². The molecule has 19 heteroatoms. The molecule has 17 aromatic rings. The minimum Gasteiger partial charge on any atom is -0.305 e. The molecule has 0 atom stereocenters. The summed E-state index contributed by atoms with van der Waals surface area (Å²) >= 11 is 0. The van der Waals surface area contributed by atoms with E-state index in [1.165, 1.54) is 146 Å². The first kappa shape index (κ1) is 109. The van der Waals surface area contributed by atoms with Crippen LogP contribution in [0.5, 0.6) is 0 Å². The van der Waals surface area contributed by atoms with Gasteiger partial charge in [0.1, 0.15) is 8.07 Å². The van der Waals surface area contributed by atoms with Crippen LogP contribution in [0.1, 0.15) is 50.5 Å². The number of rotatable bonds is 16. The topological polar surface area (TPSA) is 103 Å². The second kappa shape index (κ2) is 51.7.